The van der Waals surface area contributed by atoms with Crippen molar-refractivity contribution in [3.8, 4) is 5.75 Å². The van der Waals surface area contributed by atoms with Crippen LogP contribution in [0.2, 0.25) is 0 Å². The summed E-state index contributed by atoms with van der Waals surface area (Å²) in [4.78, 5) is 0.762. The quantitative estimate of drug-likeness (QED) is 0.584. The van der Waals surface area contributed by atoms with Crippen LogP contribution < -0.4 is 0 Å². The minimum Gasteiger partial charge on any atom is -0.508 e. The number of rotatable bonds is 4. The van der Waals surface area contributed by atoms with E-state index in [1.54, 1.807) is 0 Å². The highest BCUT2D eigenvalue weighted by atomic mass is 79.9. The van der Waals surface area contributed by atoms with Gasteiger partial charge in [-0.1, -0.05) is 85.5 Å². The number of hydrogen-bond donors (Lipinski definition) is 1. The molecular weight excluding hydrogens is 392 g/mol. The van der Waals surface area contributed by atoms with Crippen LogP contribution in [0.3, 0.4) is 0 Å². The van der Waals surface area contributed by atoms with Gasteiger partial charge in [0.15, 0.2) is 0 Å². The molecule has 0 radical (unpaired) electrons. The molecular formula is C18H28Br2O. The molecule has 1 nitrogen and oxygen atoms in total. The molecule has 2 unspecified atom stereocenters. The Balaban J connectivity index is 2.90. The summed E-state index contributed by atoms with van der Waals surface area (Å²) in [5.74, 6) is 0.398. The van der Waals surface area contributed by atoms with Gasteiger partial charge in [0.2, 0.25) is 0 Å². The van der Waals surface area contributed by atoms with E-state index in [-0.39, 0.29) is 10.8 Å². The van der Waals surface area contributed by atoms with Crippen molar-refractivity contribution in [2.24, 2.45) is 10.8 Å². The summed E-state index contributed by atoms with van der Waals surface area (Å²) in [6.45, 7) is 13.3. The Morgan fingerprint density at radius 2 is 1.38 bits per heavy atom. The molecule has 0 bridgehead atoms. The second-order valence-electron chi connectivity index (χ2n) is 8.04. The summed E-state index contributed by atoms with van der Waals surface area (Å²) in [6, 6.07) is 6.00. The van der Waals surface area contributed by atoms with Crippen LogP contribution in [0.15, 0.2) is 18.2 Å². The minimum absolute atomic E-state index is 0.172. The van der Waals surface area contributed by atoms with Crippen LogP contribution in [0.25, 0.3) is 0 Å². The first kappa shape index (κ1) is 19.0. The maximum absolute atomic E-state index is 10.1. The summed E-state index contributed by atoms with van der Waals surface area (Å²) in [5.41, 5.74) is 2.69. The van der Waals surface area contributed by atoms with Crippen molar-refractivity contribution in [3.05, 3.63) is 29.3 Å². The smallest absolute Gasteiger partial charge is 0.118 e. The molecule has 0 fully saturated rings. The third-order valence-electron chi connectivity index (χ3n) is 3.84. The van der Waals surface area contributed by atoms with Crippen LogP contribution in [0.1, 0.15) is 52.7 Å². The molecule has 1 rings (SSSR count). The lowest BCUT2D eigenvalue weighted by atomic mass is 9.86. The van der Waals surface area contributed by atoms with Gasteiger partial charge in [-0.15, -0.1) is 0 Å². The molecule has 3 heteroatoms. The summed E-state index contributed by atoms with van der Waals surface area (Å²) in [6.07, 6.45) is 1.81. The maximum atomic E-state index is 10.1. The Bertz CT molecular complexity index is 469. The van der Waals surface area contributed by atoms with Gasteiger partial charge in [0.25, 0.3) is 0 Å². The van der Waals surface area contributed by atoms with Crippen LogP contribution in [0.4, 0.5) is 0 Å². The standard InChI is InChI=1S/C18H28Br2O/c1-17(2,3)15(19)10-12-7-8-14(21)13(9-12)11-16(20)18(4,5)6/h7-9,15-16,21H,10-11H2,1-6H3. The van der Waals surface area contributed by atoms with Crippen LogP contribution in [0, 0.1) is 10.8 Å². The molecule has 0 aliphatic rings. The number of phenols is 1. The molecule has 1 N–H and O–H groups in total. The van der Waals surface area contributed by atoms with Gasteiger partial charge in [-0.2, -0.15) is 0 Å². The molecule has 2 atom stereocenters. The first-order chi connectivity index (χ1) is 9.41. The Labute approximate surface area is 146 Å². The fraction of sp³-hybridized carbons (Fsp3) is 0.667. The highest BCUT2D eigenvalue weighted by molar-refractivity contribution is 9.09. The number of benzene rings is 1. The van der Waals surface area contributed by atoms with Gasteiger partial charge in [-0.05, 0) is 40.9 Å². The lowest BCUT2D eigenvalue weighted by Gasteiger charge is -2.27. The van der Waals surface area contributed by atoms with E-state index < -0.39 is 0 Å². The molecule has 120 valence electrons. The Morgan fingerprint density at radius 1 is 0.905 bits per heavy atom. The molecule has 1 aromatic rings. The predicted molar refractivity (Wildman–Crippen MR) is 99.9 cm³/mol. The van der Waals surface area contributed by atoms with Crippen LogP contribution in [-0.2, 0) is 12.8 Å². The highest BCUT2D eigenvalue weighted by Gasteiger charge is 2.24. The van der Waals surface area contributed by atoms with Crippen LogP contribution in [-0.4, -0.2) is 14.8 Å². The van der Waals surface area contributed by atoms with Gasteiger partial charge in [0, 0.05) is 9.65 Å². The summed E-state index contributed by atoms with van der Waals surface area (Å²) < 4.78 is 0. The van der Waals surface area contributed by atoms with E-state index >= 15 is 0 Å². The zero-order valence-electron chi connectivity index (χ0n) is 14.0. The average Bonchev–Trinajstić information content (AvgIpc) is 2.30. The lowest BCUT2D eigenvalue weighted by Crippen LogP contribution is -2.23. The molecule has 0 aliphatic carbocycles. The monoisotopic (exact) mass is 418 g/mol. The zero-order valence-corrected chi connectivity index (χ0v) is 17.2. The van der Waals surface area contributed by atoms with E-state index in [1.165, 1.54) is 5.56 Å². The van der Waals surface area contributed by atoms with Crippen molar-refractivity contribution in [1.82, 2.24) is 0 Å². The molecule has 0 saturated carbocycles. The van der Waals surface area contributed by atoms with E-state index in [4.69, 9.17) is 0 Å². The van der Waals surface area contributed by atoms with E-state index in [0.29, 0.717) is 15.4 Å². The fourth-order valence-corrected chi connectivity index (χ4v) is 2.66. The van der Waals surface area contributed by atoms with Gasteiger partial charge < -0.3 is 5.11 Å². The van der Waals surface area contributed by atoms with Crippen molar-refractivity contribution < 1.29 is 5.11 Å². The van der Waals surface area contributed by atoms with Crippen LogP contribution >= 0.6 is 31.9 Å². The lowest BCUT2D eigenvalue weighted by molar-refractivity contribution is 0.391. The van der Waals surface area contributed by atoms with Crippen molar-refractivity contribution in [1.29, 1.82) is 0 Å². The number of aromatic hydroxyl groups is 1. The van der Waals surface area contributed by atoms with Gasteiger partial charge >= 0.3 is 0 Å². The molecule has 0 heterocycles. The molecule has 0 saturated heterocycles. The third-order valence-corrected chi connectivity index (χ3v) is 7.23. The van der Waals surface area contributed by atoms with E-state index in [2.05, 4.69) is 79.5 Å². The van der Waals surface area contributed by atoms with Gasteiger partial charge in [0.1, 0.15) is 5.75 Å². The number of alkyl halides is 2. The number of halogens is 2. The first-order valence-corrected chi connectivity index (χ1v) is 9.33. The van der Waals surface area contributed by atoms with Crippen LogP contribution in [0.5, 0.6) is 5.75 Å². The Morgan fingerprint density at radius 3 is 1.86 bits per heavy atom. The average molecular weight is 420 g/mol. The molecule has 0 aliphatic heterocycles. The van der Waals surface area contributed by atoms with E-state index in [0.717, 1.165) is 18.4 Å². The third kappa shape index (κ3) is 5.94. The minimum atomic E-state index is 0.172. The fourth-order valence-electron chi connectivity index (χ4n) is 1.94. The van der Waals surface area contributed by atoms with Crippen molar-refractivity contribution in [2.45, 2.75) is 64.0 Å². The SMILES string of the molecule is CC(C)(C)C(Br)Cc1ccc(O)c(CC(Br)C(C)(C)C)c1. The normalized spacial score (nSPS) is 15.8. The van der Waals surface area contributed by atoms with Gasteiger partial charge in [-0.3, -0.25) is 0 Å². The number of phenolic OH excluding ortho intramolecular Hbond substituents is 1. The highest BCUT2D eigenvalue weighted by Crippen LogP contribution is 2.33. The largest absolute Gasteiger partial charge is 0.508 e. The van der Waals surface area contributed by atoms with Gasteiger partial charge in [0.05, 0.1) is 0 Å². The summed E-state index contributed by atoms with van der Waals surface area (Å²) >= 11 is 7.54. The molecule has 1 aromatic carbocycles. The summed E-state index contributed by atoms with van der Waals surface area (Å²) in [7, 11) is 0. The Kier molecular flexibility index (Phi) is 6.38. The predicted octanol–water partition coefficient (Wildman–Crippen LogP) is 6.10. The topological polar surface area (TPSA) is 20.2 Å². The zero-order chi connectivity index (χ0) is 16.4. The van der Waals surface area contributed by atoms with Gasteiger partial charge in [-0.25, -0.2) is 0 Å². The second-order valence-corrected chi connectivity index (χ2v) is 10.2. The number of hydrogen-bond acceptors (Lipinski definition) is 1. The first-order valence-electron chi connectivity index (χ1n) is 7.50. The molecule has 21 heavy (non-hydrogen) atoms. The van der Waals surface area contributed by atoms with Crippen molar-refractivity contribution in [3.63, 3.8) is 0 Å². The van der Waals surface area contributed by atoms with E-state index in [9.17, 15) is 5.11 Å². The summed E-state index contributed by atoms with van der Waals surface area (Å²) in [5, 5.41) is 10.1. The second kappa shape index (κ2) is 7.04. The maximum Gasteiger partial charge on any atom is 0.118 e. The Hall–Kier alpha value is -0.0200. The van der Waals surface area contributed by atoms with Crippen molar-refractivity contribution in [2.75, 3.05) is 0 Å². The molecule has 0 aromatic heterocycles. The molecule has 0 amide bonds. The van der Waals surface area contributed by atoms with Crippen molar-refractivity contribution >= 4 is 31.9 Å². The molecule has 0 spiro atoms. The van der Waals surface area contributed by atoms with E-state index in [1.807, 2.05) is 12.1 Å².